The van der Waals surface area contributed by atoms with Crippen molar-refractivity contribution in [2.24, 2.45) is 0 Å². The lowest BCUT2D eigenvalue weighted by Gasteiger charge is -2.10. The third-order valence-electron chi connectivity index (χ3n) is 3.13. The number of hydrogen-bond acceptors (Lipinski definition) is 1. The SMILES string of the molecule is CC(NC1CC1)c1cc2ccc(Br)cc2[nH]1. The van der Waals surface area contributed by atoms with Gasteiger partial charge in [-0.3, -0.25) is 0 Å². The first-order valence-electron chi connectivity index (χ1n) is 5.76. The van der Waals surface area contributed by atoms with E-state index < -0.39 is 0 Å². The van der Waals surface area contributed by atoms with Crippen LogP contribution in [0, 0.1) is 0 Å². The molecule has 1 aliphatic carbocycles. The molecule has 1 aromatic carbocycles. The summed E-state index contributed by atoms with van der Waals surface area (Å²) in [5.41, 5.74) is 2.48. The standard InChI is InChI=1S/C13H15BrN2/c1-8(15-11-4-5-11)12-6-9-2-3-10(14)7-13(9)16-12/h2-3,6-8,11,15-16H,4-5H2,1H3. The molecule has 0 saturated heterocycles. The third-order valence-corrected chi connectivity index (χ3v) is 3.63. The number of aromatic nitrogens is 1. The van der Waals surface area contributed by atoms with Crippen LogP contribution in [0.4, 0.5) is 0 Å². The number of nitrogens with one attached hydrogen (secondary N) is 2. The molecule has 0 aliphatic heterocycles. The molecule has 0 radical (unpaired) electrons. The molecule has 16 heavy (non-hydrogen) atoms. The van der Waals surface area contributed by atoms with Gasteiger partial charge in [-0.25, -0.2) is 0 Å². The molecular weight excluding hydrogens is 264 g/mol. The lowest BCUT2D eigenvalue weighted by Crippen LogP contribution is -2.20. The van der Waals surface area contributed by atoms with Gasteiger partial charge >= 0.3 is 0 Å². The van der Waals surface area contributed by atoms with Crippen LogP contribution in [0.1, 0.15) is 31.5 Å². The molecule has 84 valence electrons. The Kier molecular flexibility index (Phi) is 2.52. The van der Waals surface area contributed by atoms with Crippen LogP contribution in [-0.2, 0) is 0 Å². The molecule has 3 rings (SSSR count). The minimum absolute atomic E-state index is 0.415. The maximum Gasteiger partial charge on any atom is 0.0467 e. The van der Waals surface area contributed by atoms with Gasteiger partial charge in [0.2, 0.25) is 0 Å². The zero-order valence-electron chi connectivity index (χ0n) is 9.26. The van der Waals surface area contributed by atoms with Crippen molar-refractivity contribution in [3.05, 3.63) is 34.4 Å². The Morgan fingerprint density at radius 3 is 2.94 bits per heavy atom. The summed E-state index contributed by atoms with van der Waals surface area (Å²) >= 11 is 3.49. The van der Waals surface area contributed by atoms with Gasteiger partial charge in [0.15, 0.2) is 0 Å². The van der Waals surface area contributed by atoms with E-state index in [0.29, 0.717) is 6.04 Å². The largest absolute Gasteiger partial charge is 0.357 e. The van der Waals surface area contributed by atoms with E-state index in [1.165, 1.54) is 29.4 Å². The molecule has 3 heteroatoms. The summed E-state index contributed by atoms with van der Waals surface area (Å²) in [6, 6.07) is 9.75. The summed E-state index contributed by atoms with van der Waals surface area (Å²) in [6.07, 6.45) is 2.66. The summed E-state index contributed by atoms with van der Waals surface area (Å²) in [6.45, 7) is 2.22. The Bertz CT molecular complexity index is 514. The van der Waals surface area contributed by atoms with Crippen LogP contribution in [0.2, 0.25) is 0 Å². The van der Waals surface area contributed by atoms with Crippen molar-refractivity contribution in [2.45, 2.75) is 31.8 Å². The lowest BCUT2D eigenvalue weighted by atomic mass is 10.2. The van der Waals surface area contributed by atoms with E-state index in [2.05, 4.69) is 57.4 Å². The monoisotopic (exact) mass is 278 g/mol. The van der Waals surface area contributed by atoms with Crippen LogP contribution in [0.15, 0.2) is 28.7 Å². The quantitative estimate of drug-likeness (QED) is 0.880. The van der Waals surface area contributed by atoms with E-state index in [0.717, 1.165) is 10.5 Å². The van der Waals surface area contributed by atoms with E-state index >= 15 is 0 Å². The van der Waals surface area contributed by atoms with Crippen molar-refractivity contribution >= 4 is 26.8 Å². The van der Waals surface area contributed by atoms with Gasteiger partial charge in [-0.15, -0.1) is 0 Å². The van der Waals surface area contributed by atoms with Gasteiger partial charge < -0.3 is 10.3 Å². The Morgan fingerprint density at radius 2 is 2.19 bits per heavy atom. The molecule has 2 aromatic rings. The molecule has 0 bridgehead atoms. The number of benzene rings is 1. The summed E-state index contributed by atoms with van der Waals surface area (Å²) < 4.78 is 1.12. The highest BCUT2D eigenvalue weighted by Crippen LogP contribution is 2.26. The smallest absolute Gasteiger partial charge is 0.0467 e. The van der Waals surface area contributed by atoms with Gasteiger partial charge in [0, 0.05) is 27.8 Å². The fourth-order valence-electron chi connectivity index (χ4n) is 2.05. The second-order valence-electron chi connectivity index (χ2n) is 4.62. The Labute approximate surface area is 104 Å². The first kappa shape index (κ1) is 10.4. The number of hydrogen-bond donors (Lipinski definition) is 2. The van der Waals surface area contributed by atoms with E-state index in [4.69, 9.17) is 0 Å². The van der Waals surface area contributed by atoms with Gasteiger partial charge in [-0.05, 0) is 43.4 Å². The first-order valence-corrected chi connectivity index (χ1v) is 6.56. The fourth-order valence-corrected chi connectivity index (χ4v) is 2.41. The molecule has 1 aromatic heterocycles. The Hall–Kier alpha value is -0.800. The van der Waals surface area contributed by atoms with E-state index in [9.17, 15) is 0 Å². The lowest BCUT2D eigenvalue weighted by molar-refractivity contribution is 0.561. The highest BCUT2D eigenvalue weighted by molar-refractivity contribution is 9.10. The summed E-state index contributed by atoms with van der Waals surface area (Å²) in [5, 5.41) is 4.88. The number of H-pyrrole nitrogens is 1. The highest BCUT2D eigenvalue weighted by Gasteiger charge is 2.23. The maximum absolute atomic E-state index is 3.60. The molecular formula is C13H15BrN2. The second kappa shape index (κ2) is 3.90. The number of aromatic amines is 1. The van der Waals surface area contributed by atoms with Crippen molar-refractivity contribution in [1.29, 1.82) is 0 Å². The van der Waals surface area contributed by atoms with Gasteiger partial charge in [-0.1, -0.05) is 22.0 Å². The fraction of sp³-hybridized carbons (Fsp3) is 0.385. The molecule has 2 N–H and O–H groups in total. The van der Waals surface area contributed by atoms with Gasteiger partial charge in [0.05, 0.1) is 0 Å². The Balaban J connectivity index is 1.91. The number of rotatable bonds is 3. The topological polar surface area (TPSA) is 27.8 Å². The van der Waals surface area contributed by atoms with Crippen molar-refractivity contribution in [1.82, 2.24) is 10.3 Å². The normalized spacial score (nSPS) is 17.9. The van der Waals surface area contributed by atoms with Gasteiger partial charge in [0.25, 0.3) is 0 Å². The summed E-state index contributed by atoms with van der Waals surface area (Å²) in [4.78, 5) is 3.48. The van der Waals surface area contributed by atoms with Gasteiger partial charge in [-0.2, -0.15) is 0 Å². The molecule has 1 saturated carbocycles. The Morgan fingerprint density at radius 1 is 1.38 bits per heavy atom. The van der Waals surface area contributed by atoms with Gasteiger partial charge in [0.1, 0.15) is 0 Å². The molecule has 0 amide bonds. The predicted octanol–water partition coefficient (Wildman–Crippen LogP) is 3.74. The van der Waals surface area contributed by atoms with Crippen molar-refractivity contribution in [2.75, 3.05) is 0 Å². The summed E-state index contributed by atoms with van der Waals surface area (Å²) in [5.74, 6) is 0. The zero-order chi connectivity index (χ0) is 11.1. The number of halogens is 1. The van der Waals surface area contributed by atoms with Crippen LogP contribution in [0.3, 0.4) is 0 Å². The summed E-state index contributed by atoms with van der Waals surface area (Å²) in [7, 11) is 0. The molecule has 1 unspecified atom stereocenters. The molecule has 1 fully saturated rings. The molecule has 1 atom stereocenters. The van der Waals surface area contributed by atoms with Crippen LogP contribution in [0.5, 0.6) is 0 Å². The molecule has 2 nitrogen and oxygen atoms in total. The number of fused-ring (bicyclic) bond motifs is 1. The average Bonchev–Trinajstić information content (AvgIpc) is 2.95. The van der Waals surface area contributed by atoms with E-state index in [1.807, 2.05) is 0 Å². The minimum Gasteiger partial charge on any atom is -0.357 e. The van der Waals surface area contributed by atoms with Crippen LogP contribution in [0.25, 0.3) is 10.9 Å². The average molecular weight is 279 g/mol. The van der Waals surface area contributed by atoms with Crippen molar-refractivity contribution in [3.63, 3.8) is 0 Å². The second-order valence-corrected chi connectivity index (χ2v) is 5.53. The zero-order valence-corrected chi connectivity index (χ0v) is 10.8. The van der Waals surface area contributed by atoms with E-state index in [-0.39, 0.29) is 0 Å². The van der Waals surface area contributed by atoms with Crippen LogP contribution in [-0.4, -0.2) is 11.0 Å². The predicted molar refractivity (Wildman–Crippen MR) is 70.6 cm³/mol. The van der Waals surface area contributed by atoms with Crippen LogP contribution >= 0.6 is 15.9 Å². The maximum atomic E-state index is 3.60. The third kappa shape index (κ3) is 2.02. The molecule has 1 heterocycles. The van der Waals surface area contributed by atoms with Crippen molar-refractivity contribution in [3.8, 4) is 0 Å². The molecule has 0 spiro atoms. The van der Waals surface area contributed by atoms with Crippen molar-refractivity contribution < 1.29 is 0 Å². The van der Waals surface area contributed by atoms with E-state index in [1.54, 1.807) is 0 Å². The van der Waals surface area contributed by atoms with Crippen LogP contribution < -0.4 is 5.32 Å². The molecule has 1 aliphatic rings. The highest BCUT2D eigenvalue weighted by atomic mass is 79.9. The minimum atomic E-state index is 0.415. The first-order chi connectivity index (χ1) is 7.72.